The van der Waals surface area contributed by atoms with E-state index >= 15 is 0 Å². The summed E-state index contributed by atoms with van der Waals surface area (Å²) in [6.07, 6.45) is 3.65. The molecule has 4 heteroatoms. The van der Waals surface area contributed by atoms with Gasteiger partial charge in [0.25, 0.3) is 0 Å². The van der Waals surface area contributed by atoms with Gasteiger partial charge in [0.05, 0.1) is 0 Å². The van der Waals surface area contributed by atoms with E-state index in [1.165, 1.54) is 19.3 Å². The molecule has 4 nitrogen and oxygen atoms in total. The molecular weight excluding hydrogens is 248 g/mol. The molecule has 20 heavy (non-hydrogen) atoms. The van der Waals surface area contributed by atoms with Crippen molar-refractivity contribution in [1.29, 1.82) is 0 Å². The van der Waals surface area contributed by atoms with Crippen LogP contribution in [0.15, 0.2) is 6.07 Å². The molecule has 0 aliphatic heterocycles. The first kappa shape index (κ1) is 15.1. The second-order valence-corrected chi connectivity index (χ2v) is 6.36. The highest BCUT2D eigenvalue weighted by atomic mass is 15.2. The smallest absolute Gasteiger partial charge is 0.136 e. The molecule has 1 atom stereocenters. The van der Waals surface area contributed by atoms with Crippen molar-refractivity contribution in [3.63, 3.8) is 0 Å². The van der Waals surface area contributed by atoms with Crippen molar-refractivity contribution < 1.29 is 0 Å². The normalized spacial score (nSPS) is 16.3. The summed E-state index contributed by atoms with van der Waals surface area (Å²) < 4.78 is 0. The fourth-order valence-corrected chi connectivity index (χ4v) is 2.50. The first-order valence-corrected chi connectivity index (χ1v) is 7.87. The Morgan fingerprint density at radius 3 is 2.55 bits per heavy atom. The fourth-order valence-electron chi connectivity index (χ4n) is 2.50. The minimum atomic E-state index is 0.492. The lowest BCUT2D eigenvalue weighted by molar-refractivity contribution is 0.501. The van der Waals surface area contributed by atoms with Gasteiger partial charge in [0.15, 0.2) is 0 Å². The number of hydrogen-bond acceptors (Lipinski definition) is 4. The Morgan fingerprint density at radius 2 is 2.00 bits per heavy atom. The van der Waals surface area contributed by atoms with Crippen LogP contribution in [0.4, 0.5) is 11.6 Å². The van der Waals surface area contributed by atoms with Gasteiger partial charge in [-0.15, -0.1) is 0 Å². The molecule has 1 aliphatic rings. The quantitative estimate of drug-likeness (QED) is 0.825. The molecule has 0 radical (unpaired) electrons. The topological polar surface area (TPSA) is 41.0 Å². The Hall–Kier alpha value is -1.32. The average Bonchev–Trinajstić information content (AvgIpc) is 3.21. The largest absolute Gasteiger partial charge is 0.370 e. The summed E-state index contributed by atoms with van der Waals surface area (Å²) >= 11 is 0. The van der Waals surface area contributed by atoms with Crippen molar-refractivity contribution >= 4 is 11.6 Å². The molecule has 1 aromatic heterocycles. The summed E-state index contributed by atoms with van der Waals surface area (Å²) in [4.78, 5) is 11.7. The third-order valence-corrected chi connectivity index (χ3v) is 3.87. The van der Waals surface area contributed by atoms with Crippen molar-refractivity contribution in [2.75, 3.05) is 23.8 Å². The molecular formula is C16H28N4. The molecule has 1 unspecified atom stereocenters. The van der Waals surface area contributed by atoms with E-state index in [1.807, 2.05) is 0 Å². The van der Waals surface area contributed by atoms with Crippen LogP contribution in [0.5, 0.6) is 0 Å². The summed E-state index contributed by atoms with van der Waals surface area (Å²) in [6.45, 7) is 9.80. The van der Waals surface area contributed by atoms with Gasteiger partial charge in [-0.1, -0.05) is 13.8 Å². The standard InChI is InChI=1S/C16H28N4/c1-6-17-14-10-15(19-16(18-14)13-7-8-13)20(5)12(4)9-11(2)3/h10-13H,6-9H2,1-5H3,(H,17,18,19). The van der Waals surface area contributed by atoms with Crippen LogP contribution in [0, 0.1) is 5.92 Å². The maximum atomic E-state index is 4.78. The maximum Gasteiger partial charge on any atom is 0.136 e. The molecule has 2 rings (SSSR count). The average molecular weight is 276 g/mol. The van der Waals surface area contributed by atoms with Gasteiger partial charge in [-0.25, -0.2) is 9.97 Å². The summed E-state index contributed by atoms with van der Waals surface area (Å²) in [5.74, 6) is 4.31. The molecule has 1 aliphatic carbocycles. The van der Waals surface area contributed by atoms with E-state index in [-0.39, 0.29) is 0 Å². The van der Waals surface area contributed by atoms with E-state index in [0.717, 1.165) is 24.0 Å². The van der Waals surface area contributed by atoms with Crippen LogP contribution < -0.4 is 10.2 Å². The van der Waals surface area contributed by atoms with Crippen LogP contribution in [-0.2, 0) is 0 Å². The zero-order valence-electron chi connectivity index (χ0n) is 13.5. The molecule has 0 spiro atoms. The zero-order chi connectivity index (χ0) is 14.7. The van der Waals surface area contributed by atoms with Crippen LogP contribution in [0.1, 0.15) is 58.7 Å². The maximum absolute atomic E-state index is 4.78. The fraction of sp³-hybridized carbons (Fsp3) is 0.750. The van der Waals surface area contributed by atoms with Crippen LogP contribution in [-0.4, -0.2) is 29.6 Å². The molecule has 1 saturated carbocycles. The van der Waals surface area contributed by atoms with Crippen LogP contribution >= 0.6 is 0 Å². The van der Waals surface area contributed by atoms with Gasteiger partial charge in [0, 0.05) is 31.6 Å². The number of hydrogen-bond donors (Lipinski definition) is 1. The summed E-state index contributed by atoms with van der Waals surface area (Å²) in [7, 11) is 2.14. The van der Waals surface area contributed by atoms with Crippen molar-refractivity contribution in [3.8, 4) is 0 Å². The second kappa shape index (κ2) is 6.42. The first-order chi connectivity index (χ1) is 9.51. The van der Waals surface area contributed by atoms with Crippen molar-refractivity contribution in [2.45, 2.75) is 58.9 Å². The Kier molecular flexibility index (Phi) is 4.84. The van der Waals surface area contributed by atoms with Crippen LogP contribution in [0.3, 0.4) is 0 Å². The summed E-state index contributed by atoms with van der Waals surface area (Å²) in [5.41, 5.74) is 0. The monoisotopic (exact) mass is 276 g/mol. The van der Waals surface area contributed by atoms with Gasteiger partial charge in [0.1, 0.15) is 17.5 Å². The van der Waals surface area contributed by atoms with Crippen molar-refractivity contribution in [1.82, 2.24) is 9.97 Å². The number of nitrogens with zero attached hydrogens (tertiary/aromatic N) is 3. The molecule has 0 aromatic carbocycles. The minimum Gasteiger partial charge on any atom is -0.370 e. The van der Waals surface area contributed by atoms with Crippen molar-refractivity contribution in [2.24, 2.45) is 5.92 Å². The van der Waals surface area contributed by atoms with Gasteiger partial charge in [-0.3, -0.25) is 0 Å². The van der Waals surface area contributed by atoms with E-state index in [9.17, 15) is 0 Å². The lowest BCUT2D eigenvalue weighted by atomic mass is 10.0. The Morgan fingerprint density at radius 1 is 1.30 bits per heavy atom. The Balaban J connectivity index is 2.20. The predicted molar refractivity (Wildman–Crippen MR) is 85.5 cm³/mol. The summed E-state index contributed by atoms with van der Waals surface area (Å²) in [5, 5.41) is 3.33. The molecule has 1 heterocycles. The zero-order valence-corrected chi connectivity index (χ0v) is 13.5. The van der Waals surface area contributed by atoms with Crippen molar-refractivity contribution in [3.05, 3.63) is 11.9 Å². The Bertz CT molecular complexity index is 440. The molecule has 1 N–H and O–H groups in total. The molecule has 1 aromatic rings. The third kappa shape index (κ3) is 3.84. The molecule has 0 saturated heterocycles. The Labute approximate surface area is 123 Å². The highest BCUT2D eigenvalue weighted by Gasteiger charge is 2.28. The number of aromatic nitrogens is 2. The molecule has 112 valence electrons. The molecule has 0 amide bonds. The van der Waals surface area contributed by atoms with Gasteiger partial charge in [0.2, 0.25) is 0 Å². The SMILES string of the molecule is CCNc1cc(N(C)C(C)CC(C)C)nc(C2CC2)n1. The summed E-state index contributed by atoms with van der Waals surface area (Å²) in [6, 6.07) is 2.57. The number of nitrogens with one attached hydrogen (secondary N) is 1. The molecule has 0 bridgehead atoms. The van der Waals surface area contributed by atoms with E-state index in [4.69, 9.17) is 4.98 Å². The molecule has 1 fully saturated rings. The highest BCUT2D eigenvalue weighted by Crippen LogP contribution is 2.39. The van der Waals surface area contributed by atoms with E-state index in [2.05, 4.69) is 56.0 Å². The second-order valence-electron chi connectivity index (χ2n) is 6.36. The van der Waals surface area contributed by atoms with Gasteiger partial charge in [-0.2, -0.15) is 0 Å². The lowest BCUT2D eigenvalue weighted by Gasteiger charge is -2.28. The van der Waals surface area contributed by atoms with E-state index in [1.54, 1.807) is 0 Å². The van der Waals surface area contributed by atoms with Gasteiger partial charge < -0.3 is 10.2 Å². The van der Waals surface area contributed by atoms with Gasteiger partial charge >= 0.3 is 0 Å². The number of rotatable bonds is 7. The third-order valence-electron chi connectivity index (χ3n) is 3.87. The van der Waals surface area contributed by atoms with Gasteiger partial charge in [-0.05, 0) is 39.0 Å². The van der Waals surface area contributed by atoms with Crippen LogP contribution in [0.2, 0.25) is 0 Å². The van der Waals surface area contributed by atoms with Crippen LogP contribution in [0.25, 0.3) is 0 Å². The highest BCUT2D eigenvalue weighted by molar-refractivity contribution is 5.50. The predicted octanol–water partition coefficient (Wildman–Crippen LogP) is 3.66. The lowest BCUT2D eigenvalue weighted by Crippen LogP contribution is -2.31. The van der Waals surface area contributed by atoms with E-state index < -0.39 is 0 Å². The first-order valence-electron chi connectivity index (χ1n) is 7.87. The minimum absolute atomic E-state index is 0.492. The number of anilines is 2. The van der Waals surface area contributed by atoms with E-state index in [0.29, 0.717) is 17.9 Å².